The summed E-state index contributed by atoms with van der Waals surface area (Å²) in [4.78, 5) is 77.4. The summed E-state index contributed by atoms with van der Waals surface area (Å²) in [5.74, 6) is -1.72. The topological polar surface area (TPSA) is 163 Å². The summed E-state index contributed by atoms with van der Waals surface area (Å²) in [6.07, 6.45) is 40.0. The maximum atomic E-state index is 13.2. The van der Waals surface area contributed by atoms with Crippen molar-refractivity contribution in [2.75, 3.05) is 23.4 Å². The van der Waals surface area contributed by atoms with Gasteiger partial charge in [0.05, 0.1) is 0 Å². The van der Waals surface area contributed by atoms with Gasteiger partial charge in [0.2, 0.25) is 5.91 Å². The molecule has 1 aromatic rings. The molecule has 0 radical (unpaired) electrons. The number of carbonyl (C=O) groups excluding carboxylic acids is 6. The van der Waals surface area contributed by atoms with Crippen molar-refractivity contribution < 1.29 is 47.7 Å². The smallest absolute Gasteiger partial charge is 0.329 e. The maximum Gasteiger partial charge on any atom is 0.329 e. The molecule has 1 rings (SSSR count). The molecule has 0 saturated heterocycles. The molecule has 0 bridgehead atoms. The summed E-state index contributed by atoms with van der Waals surface area (Å²) >= 11 is 1.45. The van der Waals surface area contributed by atoms with Gasteiger partial charge in [-0.1, -0.05) is 141 Å². The molecule has 0 fully saturated rings. The molecular formula is C62H104N2O10S. The van der Waals surface area contributed by atoms with Gasteiger partial charge in [-0.05, 0) is 136 Å². The monoisotopic (exact) mass is 1070 g/mol. The highest BCUT2D eigenvalue weighted by atomic mass is 32.2. The third-order valence-electron chi connectivity index (χ3n) is 12.3. The van der Waals surface area contributed by atoms with Crippen LogP contribution in [0, 0.1) is 0 Å². The maximum absolute atomic E-state index is 13.2. The van der Waals surface area contributed by atoms with E-state index in [4.69, 9.17) is 18.9 Å². The summed E-state index contributed by atoms with van der Waals surface area (Å²) in [6, 6.07) is 5.18. The minimum atomic E-state index is -1.09. The first-order valence-electron chi connectivity index (χ1n) is 29.3. The average Bonchev–Trinajstić information content (AvgIpc) is 3.34. The van der Waals surface area contributed by atoms with Crippen LogP contribution in [0.15, 0.2) is 48.6 Å². The fraction of sp³-hybridized carbons (Fsp3) is 0.742. The Balaban J connectivity index is 2.63. The van der Waals surface area contributed by atoms with Crippen molar-refractivity contribution in [3.8, 4) is 0 Å². The zero-order chi connectivity index (χ0) is 55.4. The third kappa shape index (κ3) is 42.6. The molecule has 0 aliphatic carbocycles. The lowest BCUT2D eigenvalue weighted by Gasteiger charge is -2.25. The highest BCUT2D eigenvalue weighted by molar-refractivity contribution is 7.99. The summed E-state index contributed by atoms with van der Waals surface area (Å²) in [5.41, 5.74) is -0.764. The zero-order valence-electron chi connectivity index (χ0n) is 48.3. The molecule has 2 atom stereocenters. The van der Waals surface area contributed by atoms with Crippen LogP contribution in [0.2, 0.25) is 0 Å². The van der Waals surface area contributed by atoms with Crippen molar-refractivity contribution in [1.82, 2.24) is 5.32 Å². The second kappa shape index (κ2) is 43.9. The zero-order valence-corrected chi connectivity index (χ0v) is 49.1. The highest BCUT2D eigenvalue weighted by Gasteiger charge is 2.29. The Morgan fingerprint density at radius 1 is 0.533 bits per heavy atom. The Hall–Kier alpha value is -4.13. The van der Waals surface area contributed by atoms with Gasteiger partial charge in [0, 0.05) is 48.4 Å². The highest BCUT2D eigenvalue weighted by Crippen LogP contribution is 2.18. The predicted octanol–water partition coefficient (Wildman–Crippen LogP) is 15.8. The van der Waals surface area contributed by atoms with E-state index in [1.165, 1.54) is 114 Å². The summed E-state index contributed by atoms with van der Waals surface area (Å²) in [7, 11) is 0. The van der Waals surface area contributed by atoms with E-state index in [1.54, 1.807) is 53.7 Å². The van der Waals surface area contributed by atoms with Crippen LogP contribution >= 0.6 is 11.8 Å². The Morgan fingerprint density at radius 2 is 0.987 bits per heavy atom. The molecule has 0 aliphatic heterocycles. The van der Waals surface area contributed by atoms with E-state index in [2.05, 4.69) is 48.8 Å². The number of nitrogens with one attached hydrogen (secondary N) is 2. The number of amides is 2. The lowest BCUT2D eigenvalue weighted by molar-refractivity contribution is -0.158. The van der Waals surface area contributed by atoms with Gasteiger partial charge in [-0.15, -0.1) is 0 Å². The minimum Gasteiger partial charge on any atom is -0.462 e. The van der Waals surface area contributed by atoms with Crippen molar-refractivity contribution in [2.24, 2.45) is 0 Å². The fourth-order valence-electron chi connectivity index (χ4n) is 8.13. The first-order chi connectivity index (χ1) is 35.9. The van der Waals surface area contributed by atoms with E-state index in [9.17, 15) is 28.8 Å². The standard InChI is InChI=1S/C62H104N2O10S/c1-9-11-13-15-17-19-21-23-25-27-29-31-33-35-37-39-56(66)71-49-53(72-57(67)40-38-36-34-32-30-28-26-24-22-20-18-16-14-12-10-2)50-75-48-47-55(65)63-52-43-41-51(42-44-52)59(69)64-54(60(70)74-62(6,7)8)45-46-58(68)73-61(3,4)5/h23-26,41-44,53-54H,9-22,27-40,45-50H2,1-8H3,(H,63,65)(H,64,69)/b25-23-,26-24-/t53?,54-/m0/s1. The number of hydrogen-bond donors (Lipinski definition) is 2. The van der Waals surface area contributed by atoms with Crippen LogP contribution < -0.4 is 10.6 Å². The molecule has 2 amide bonds. The number of esters is 4. The number of unbranched alkanes of at least 4 members (excludes halogenated alkanes) is 22. The molecular weight excluding hydrogens is 965 g/mol. The molecule has 0 aliphatic rings. The second-order valence-electron chi connectivity index (χ2n) is 22.1. The van der Waals surface area contributed by atoms with E-state index in [1.807, 2.05) is 0 Å². The lowest BCUT2D eigenvalue weighted by atomic mass is 10.1. The molecule has 0 heterocycles. The van der Waals surface area contributed by atoms with Gasteiger partial charge in [-0.2, -0.15) is 11.8 Å². The molecule has 12 nitrogen and oxygen atoms in total. The number of ether oxygens (including phenoxy) is 4. The molecule has 0 saturated carbocycles. The first-order valence-corrected chi connectivity index (χ1v) is 30.5. The molecule has 1 aromatic carbocycles. The number of hydrogen-bond acceptors (Lipinski definition) is 11. The van der Waals surface area contributed by atoms with Crippen LogP contribution in [0.25, 0.3) is 0 Å². The molecule has 13 heteroatoms. The largest absolute Gasteiger partial charge is 0.462 e. The number of allylic oxidation sites excluding steroid dienone is 4. The van der Waals surface area contributed by atoms with Crippen molar-refractivity contribution in [3.63, 3.8) is 0 Å². The fourth-order valence-corrected chi connectivity index (χ4v) is 9.05. The molecule has 1 unspecified atom stereocenters. The van der Waals surface area contributed by atoms with Crippen LogP contribution in [0.1, 0.15) is 265 Å². The lowest BCUT2D eigenvalue weighted by Crippen LogP contribution is -2.44. The summed E-state index contributed by atoms with van der Waals surface area (Å²) in [5, 5.41) is 5.54. The van der Waals surface area contributed by atoms with Crippen molar-refractivity contribution >= 4 is 53.1 Å². The van der Waals surface area contributed by atoms with Gasteiger partial charge in [0.15, 0.2) is 0 Å². The molecule has 2 N–H and O–H groups in total. The number of anilines is 1. The van der Waals surface area contributed by atoms with Crippen LogP contribution in [0.4, 0.5) is 5.69 Å². The van der Waals surface area contributed by atoms with Crippen LogP contribution in [0.5, 0.6) is 0 Å². The van der Waals surface area contributed by atoms with Crippen LogP contribution in [-0.2, 0) is 42.9 Å². The third-order valence-corrected chi connectivity index (χ3v) is 13.4. The number of thioether (sulfide) groups is 1. The Kier molecular flexibility index (Phi) is 40.3. The first kappa shape index (κ1) is 68.9. The Bertz CT molecular complexity index is 1750. The second-order valence-corrected chi connectivity index (χ2v) is 23.2. The number of carbonyl (C=O) groups is 6. The van der Waals surface area contributed by atoms with E-state index in [-0.39, 0.29) is 49.3 Å². The van der Waals surface area contributed by atoms with Crippen molar-refractivity contribution in [3.05, 3.63) is 54.1 Å². The van der Waals surface area contributed by atoms with E-state index >= 15 is 0 Å². The van der Waals surface area contributed by atoms with Crippen LogP contribution in [0.3, 0.4) is 0 Å². The number of benzene rings is 1. The minimum absolute atomic E-state index is 0.00773. The normalized spacial score (nSPS) is 12.6. The molecule has 428 valence electrons. The Morgan fingerprint density at radius 3 is 1.47 bits per heavy atom. The quantitative estimate of drug-likeness (QED) is 0.0277. The predicted molar refractivity (Wildman–Crippen MR) is 309 cm³/mol. The van der Waals surface area contributed by atoms with Gasteiger partial charge in [0.1, 0.15) is 30.0 Å². The number of rotatable bonds is 45. The Labute approximate surface area is 459 Å². The summed E-state index contributed by atoms with van der Waals surface area (Å²) < 4.78 is 22.4. The molecule has 75 heavy (non-hydrogen) atoms. The van der Waals surface area contributed by atoms with Gasteiger partial charge in [-0.3, -0.25) is 24.0 Å². The summed E-state index contributed by atoms with van der Waals surface area (Å²) in [6.45, 7) is 14.9. The van der Waals surface area contributed by atoms with Crippen molar-refractivity contribution in [2.45, 2.75) is 278 Å². The van der Waals surface area contributed by atoms with Gasteiger partial charge in [-0.25, -0.2) is 4.79 Å². The molecule has 0 aromatic heterocycles. The van der Waals surface area contributed by atoms with Gasteiger partial charge >= 0.3 is 23.9 Å². The SMILES string of the molecule is CCCCCCCC/C=C\CCCCCCCC(=O)OCC(CSCCC(=O)Nc1ccc(C(=O)N[C@@H](CCC(=O)OC(C)(C)C)C(=O)OC(C)(C)C)cc1)OC(=O)CCCCCCC/C=C\CCCCCCCC. The van der Waals surface area contributed by atoms with Crippen LogP contribution in [-0.4, -0.2) is 77.2 Å². The van der Waals surface area contributed by atoms with Crippen molar-refractivity contribution in [1.29, 1.82) is 0 Å². The van der Waals surface area contributed by atoms with E-state index < -0.39 is 41.2 Å². The van der Waals surface area contributed by atoms with Gasteiger partial charge < -0.3 is 29.6 Å². The molecule has 0 spiro atoms. The average molecular weight is 1070 g/mol. The van der Waals surface area contributed by atoms with E-state index in [0.717, 1.165) is 77.0 Å². The van der Waals surface area contributed by atoms with Gasteiger partial charge in [0.25, 0.3) is 5.91 Å². The van der Waals surface area contributed by atoms with E-state index in [0.29, 0.717) is 30.0 Å².